The Hall–Kier alpha value is -3.33. The predicted molar refractivity (Wildman–Crippen MR) is 89.5 cm³/mol. The molecular weight excluding hydrogens is 322 g/mol. The molecule has 0 saturated carbocycles. The van der Waals surface area contributed by atoms with Crippen LogP contribution in [0.1, 0.15) is 22.8 Å². The highest BCUT2D eigenvalue weighted by molar-refractivity contribution is 6.00. The van der Waals surface area contributed by atoms with Gasteiger partial charge >= 0.3 is 5.97 Å². The first-order valence-electron chi connectivity index (χ1n) is 7.55. The molecule has 128 valence electrons. The van der Waals surface area contributed by atoms with Crippen molar-refractivity contribution < 1.29 is 23.8 Å². The van der Waals surface area contributed by atoms with Crippen molar-refractivity contribution in [3.63, 3.8) is 0 Å². The number of ketones is 1. The molecule has 2 aromatic carbocycles. The predicted octanol–water partition coefficient (Wildman–Crippen LogP) is 2.76. The topological polar surface area (TPSA) is 85.6 Å². The van der Waals surface area contributed by atoms with Crippen LogP contribution in [0.4, 0.5) is 0 Å². The van der Waals surface area contributed by atoms with Gasteiger partial charge in [-0.1, -0.05) is 12.1 Å². The molecule has 0 radical (unpaired) electrons. The van der Waals surface area contributed by atoms with Crippen molar-refractivity contribution in [1.29, 1.82) is 5.26 Å². The summed E-state index contributed by atoms with van der Waals surface area (Å²) in [6, 6.07) is 15.0. The maximum atomic E-state index is 12.3. The van der Waals surface area contributed by atoms with Crippen molar-refractivity contribution in [3.8, 4) is 17.6 Å². The van der Waals surface area contributed by atoms with Gasteiger partial charge < -0.3 is 14.2 Å². The number of methoxy groups -OCH3 is 1. The Morgan fingerprint density at radius 2 is 1.80 bits per heavy atom. The second-order valence-electron chi connectivity index (χ2n) is 5.12. The lowest BCUT2D eigenvalue weighted by atomic mass is 10.1. The first-order chi connectivity index (χ1) is 12.0. The van der Waals surface area contributed by atoms with Gasteiger partial charge in [-0.25, -0.2) is 4.79 Å². The summed E-state index contributed by atoms with van der Waals surface area (Å²) in [7, 11) is 1.53. The van der Waals surface area contributed by atoms with Crippen molar-refractivity contribution in [1.82, 2.24) is 0 Å². The van der Waals surface area contributed by atoms with E-state index < -0.39 is 12.1 Å². The number of carbonyl (C=O) groups excluding carboxylic acids is 2. The van der Waals surface area contributed by atoms with E-state index in [9.17, 15) is 9.59 Å². The van der Waals surface area contributed by atoms with Crippen LogP contribution in [0.25, 0.3) is 0 Å². The molecule has 0 aliphatic rings. The van der Waals surface area contributed by atoms with E-state index in [1.54, 1.807) is 48.5 Å². The van der Waals surface area contributed by atoms with Crippen molar-refractivity contribution >= 4 is 11.8 Å². The third-order valence-corrected chi connectivity index (χ3v) is 3.41. The van der Waals surface area contributed by atoms with E-state index in [4.69, 9.17) is 19.5 Å². The van der Waals surface area contributed by atoms with Crippen LogP contribution in [-0.2, 0) is 9.53 Å². The molecule has 0 aliphatic carbocycles. The van der Waals surface area contributed by atoms with Crippen molar-refractivity contribution in [2.45, 2.75) is 13.0 Å². The minimum atomic E-state index is -0.948. The van der Waals surface area contributed by atoms with Crippen LogP contribution < -0.4 is 9.47 Å². The van der Waals surface area contributed by atoms with Crippen molar-refractivity contribution in [3.05, 3.63) is 59.7 Å². The third kappa shape index (κ3) is 4.82. The smallest absolute Gasteiger partial charge is 0.344 e. The lowest BCUT2D eigenvalue weighted by Gasteiger charge is -2.13. The number of hydrogen-bond acceptors (Lipinski definition) is 6. The van der Waals surface area contributed by atoms with Crippen LogP contribution in [0.3, 0.4) is 0 Å². The van der Waals surface area contributed by atoms with Crippen LogP contribution >= 0.6 is 0 Å². The molecule has 6 heteroatoms. The van der Waals surface area contributed by atoms with Gasteiger partial charge in [0, 0.05) is 5.56 Å². The van der Waals surface area contributed by atoms with Gasteiger partial charge in [-0.05, 0) is 43.3 Å². The molecule has 2 aromatic rings. The van der Waals surface area contributed by atoms with E-state index in [1.165, 1.54) is 14.0 Å². The number of ether oxygens (including phenoxy) is 3. The number of hydrogen-bond donors (Lipinski definition) is 0. The molecule has 0 heterocycles. The lowest BCUT2D eigenvalue weighted by Crippen LogP contribution is -2.27. The Morgan fingerprint density at radius 1 is 1.12 bits per heavy atom. The van der Waals surface area contributed by atoms with Gasteiger partial charge in [0.1, 0.15) is 17.6 Å². The van der Waals surface area contributed by atoms with Crippen LogP contribution in [0.15, 0.2) is 48.5 Å². The lowest BCUT2D eigenvalue weighted by molar-refractivity contribution is -0.148. The SMILES string of the molecule is COc1ccc(C(=O)[C@@H](C)OC(=O)COc2ccccc2C#N)cc1. The highest BCUT2D eigenvalue weighted by Gasteiger charge is 2.20. The second-order valence-corrected chi connectivity index (χ2v) is 5.12. The third-order valence-electron chi connectivity index (χ3n) is 3.41. The van der Waals surface area contributed by atoms with E-state index in [2.05, 4.69) is 0 Å². The molecular formula is C19H17NO5. The van der Waals surface area contributed by atoms with Gasteiger partial charge in [-0.2, -0.15) is 5.26 Å². The zero-order chi connectivity index (χ0) is 18.2. The summed E-state index contributed by atoms with van der Waals surface area (Å²) in [5, 5.41) is 8.97. The molecule has 0 bridgehead atoms. The normalized spacial score (nSPS) is 11.1. The van der Waals surface area contributed by atoms with Crippen LogP contribution in [0.2, 0.25) is 0 Å². The quantitative estimate of drug-likeness (QED) is 0.569. The van der Waals surface area contributed by atoms with E-state index in [-0.39, 0.29) is 18.1 Å². The molecule has 0 fully saturated rings. The Morgan fingerprint density at radius 3 is 2.44 bits per heavy atom. The highest BCUT2D eigenvalue weighted by atomic mass is 16.6. The minimum absolute atomic E-state index is 0.288. The maximum absolute atomic E-state index is 12.3. The Labute approximate surface area is 145 Å². The largest absolute Gasteiger partial charge is 0.497 e. The van der Waals surface area contributed by atoms with Gasteiger partial charge in [-0.3, -0.25) is 4.79 Å². The highest BCUT2D eigenvalue weighted by Crippen LogP contribution is 2.17. The molecule has 25 heavy (non-hydrogen) atoms. The van der Waals surface area contributed by atoms with Gasteiger partial charge in [0.2, 0.25) is 5.78 Å². The van der Waals surface area contributed by atoms with E-state index >= 15 is 0 Å². The zero-order valence-electron chi connectivity index (χ0n) is 13.9. The number of Topliss-reactive ketones (excluding diaryl/α,β-unsaturated/α-hetero) is 1. The fourth-order valence-corrected chi connectivity index (χ4v) is 2.10. The summed E-state index contributed by atoms with van der Waals surface area (Å²) < 4.78 is 15.4. The standard InChI is InChI=1S/C19H17NO5/c1-13(19(22)14-7-9-16(23-2)10-8-14)25-18(21)12-24-17-6-4-3-5-15(17)11-20/h3-10,13H,12H2,1-2H3/t13-/m1/s1. The summed E-state index contributed by atoms with van der Waals surface area (Å²) in [5.41, 5.74) is 0.731. The first kappa shape index (κ1) is 18.0. The zero-order valence-corrected chi connectivity index (χ0v) is 13.9. The number of rotatable bonds is 7. The molecule has 0 aromatic heterocycles. The van der Waals surface area contributed by atoms with Gasteiger partial charge in [-0.15, -0.1) is 0 Å². The van der Waals surface area contributed by atoms with Crippen LogP contribution in [-0.4, -0.2) is 31.6 Å². The second kappa shape index (κ2) is 8.50. The molecule has 0 unspecified atom stereocenters. The van der Waals surface area contributed by atoms with Gasteiger partial charge in [0.25, 0.3) is 0 Å². The van der Waals surface area contributed by atoms with E-state index in [1.807, 2.05) is 6.07 Å². The van der Waals surface area contributed by atoms with E-state index in [0.29, 0.717) is 16.9 Å². The summed E-state index contributed by atoms with van der Waals surface area (Å²) in [4.78, 5) is 24.1. The number of nitrogens with zero attached hydrogens (tertiary/aromatic N) is 1. The number of nitriles is 1. The molecule has 0 spiro atoms. The Kier molecular flexibility index (Phi) is 6.13. The fraction of sp³-hybridized carbons (Fsp3) is 0.211. The van der Waals surface area contributed by atoms with Crippen LogP contribution in [0.5, 0.6) is 11.5 Å². The minimum Gasteiger partial charge on any atom is -0.497 e. The monoisotopic (exact) mass is 339 g/mol. The summed E-state index contributed by atoms with van der Waals surface area (Å²) in [5.74, 6) is -0.0997. The molecule has 1 atom stereocenters. The van der Waals surface area contributed by atoms with Crippen LogP contribution in [0, 0.1) is 11.3 Å². The molecule has 2 rings (SSSR count). The number of carbonyl (C=O) groups is 2. The average molecular weight is 339 g/mol. The Bertz CT molecular complexity index is 792. The van der Waals surface area contributed by atoms with Gasteiger partial charge in [0.15, 0.2) is 12.7 Å². The molecule has 0 N–H and O–H groups in total. The average Bonchev–Trinajstić information content (AvgIpc) is 2.66. The van der Waals surface area contributed by atoms with Gasteiger partial charge in [0.05, 0.1) is 12.7 Å². The number of benzene rings is 2. The number of esters is 1. The molecule has 0 amide bonds. The molecule has 6 nitrogen and oxygen atoms in total. The molecule has 0 aliphatic heterocycles. The van der Waals surface area contributed by atoms with Crippen molar-refractivity contribution in [2.24, 2.45) is 0 Å². The summed E-state index contributed by atoms with van der Waals surface area (Å²) >= 11 is 0. The van der Waals surface area contributed by atoms with E-state index in [0.717, 1.165) is 0 Å². The number of para-hydroxylation sites is 1. The summed E-state index contributed by atoms with van der Waals surface area (Å²) in [6.07, 6.45) is -0.948. The molecule has 0 saturated heterocycles. The summed E-state index contributed by atoms with van der Waals surface area (Å²) in [6.45, 7) is 1.10. The Balaban J connectivity index is 1.90. The van der Waals surface area contributed by atoms with Crippen molar-refractivity contribution in [2.75, 3.05) is 13.7 Å². The maximum Gasteiger partial charge on any atom is 0.344 e. The fourth-order valence-electron chi connectivity index (χ4n) is 2.10. The first-order valence-corrected chi connectivity index (χ1v) is 7.55.